The van der Waals surface area contributed by atoms with Gasteiger partial charge in [-0.25, -0.2) is 4.79 Å². The lowest BCUT2D eigenvalue weighted by Crippen LogP contribution is -2.66. The van der Waals surface area contributed by atoms with Gasteiger partial charge in [-0.05, 0) is 34.7 Å². The van der Waals surface area contributed by atoms with E-state index in [0.29, 0.717) is 24.4 Å². The van der Waals surface area contributed by atoms with E-state index in [9.17, 15) is 9.90 Å². The van der Waals surface area contributed by atoms with Crippen LogP contribution in [0.15, 0.2) is 72.0 Å². The number of hydrogen-bond donors (Lipinski definition) is 1. The summed E-state index contributed by atoms with van der Waals surface area (Å²) in [7, 11) is -1.13. The highest BCUT2D eigenvalue weighted by molar-refractivity contribution is 6.99. The van der Waals surface area contributed by atoms with Gasteiger partial charge in [-0.3, -0.25) is 0 Å². The Morgan fingerprint density at radius 3 is 2.00 bits per heavy atom. The molecule has 0 fully saturated rings. The highest BCUT2D eigenvalue weighted by atomic mass is 28.4. The van der Waals surface area contributed by atoms with Crippen molar-refractivity contribution in [1.82, 2.24) is 0 Å². The largest absolute Gasteiger partial charge is 0.496 e. The zero-order valence-corrected chi connectivity index (χ0v) is 21.5. The molecule has 2 aromatic rings. The molecule has 0 bridgehead atoms. The Morgan fingerprint density at radius 2 is 1.55 bits per heavy atom. The molecule has 0 amide bonds. The number of hydrogen-bond acceptors (Lipinski definition) is 5. The van der Waals surface area contributed by atoms with Gasteiger partial charge in [-0.1, -0.05) is 88.4 Å². The summed E-state index contributed by atoms with van der Waals surface area (Å²) >= 11 is 0. The molecule has 2 aromatic carbocycles. The molecule has 1 aliphatic rings. The number of aliphatic hydroxyl groups excluding tert-OH is 1. The number of carbonyl (C=O) groups excluding carboxylic acids is 1. The lowest BCUT2D eigenvalue weighted by atomic mass is 9.95. The predicted molar refractivity (Wildman–Crippen MR) is 133 cm³/mol. The van der Waals surface area contributed by atoms with E-state index in [4.69, 9.17) is 13.9 Å². The Morgan fingerprint density at radius 1 is 1.03 bits per heavy atom. The fourth-order valence-corrected chi connectivity index (χ4v) is 9.27. The fraction of sp³-hybridized carbons (Fsp3) is 0.444. The molecular formula is C27H36O5Si. The van der Waals surface area contributed by atoms with Crippen LogP contribution in [-0.2, 0) is 18.7 Å². The van der Waals surface area contributed by atoms with Crippen LogP contribution in [0.5, 0.6) is 0 Å². The van der Waals surface area contributed by atoms with Gasteiger partial charge in [0.15, 0.2) is 6.10 Å². The zero-order valence-electron chi connectivity index (χ0n) is 20.5. The van der Waals surface area contributed by atoms with Crippen molar-refractivity contribution in [2.24, 2.45) is 5.92 Å². The van der Waals surface area contributed by atoms with Crippen molar-refractivity contribution in [3.63, 3.8) is 0 Å². The summed E-state index contributed by atoms with van der Waals surface area (Å²) in [6.07, 6.45) is -1.02. The van der Waals surface area contributed by atoms with Gasteiger partial charge in [0.1, 0.15) is 11.9 Å². The number of carbonyl (C=O) groups is 1. The maximum absolute atomic E-state index is 12.0. The van der Waals surface area contributed by atoms with Crippen molar-refractivity contribution in [2.75, 3.05) is 13.7 Å². The first-order valence-electron chi connectivity index (χ1n) is 11.5. The highest BCUT2D eigenvalue weighted by Crippen LogP contribution is 2.37. The minimum Gasteiger partial charge on any atom is -0.496 e. The Kier molecular flexibility index (Phi) is 7.83. The number of ether oxygens (including phenoxy) is 2. The average molecular weight is 469 g/mol. The molecule has 3 rings (SSSR count). The van der Waals surface area contributed by atoms with Crippen LogP contribution in [0.4, 0.5) is 0 Å². The number of esters is 1. The van der Waals surface area contributed by atoms with Crippen molar-refractivity contribution < 1.29 is 23.8 Å². The molecular weight excluding hydrogens is 432 g/mol. The van der Waals surface area contributed by atoms with Gasteiger partial charge in [0.05, 0.1) is 12.7 Å². The molecule has 2 unspecified atom stereocenters. The molecule has 0 aliphatic carbocycles. The Hall–Kier alpha value is -2.41. The summed E-state index contributed by atoms with van der Waals surface area (Å²) in [6.45, 7) is 10.8. The predicted octanol–water partition coefficient (Wildman–Crippen LogP) is 3.80. The minimum atomic E-state index is -2.63. The molecule has 5 nitrogen and oxygen atoms in total. The molecule has 178 valence electrons. The molecule has 0 aromatic heterocycles. The number of cyclic esters (lactones) is 1. The monoisotopic (exact) mass is 468 g/mol. The summed E-state index contributed by atoms with van der Waals surface area (Å²) < 4.78 is 17.6. The van der Waals surface area contributed by atoms with Gasteiger partial charge < -0.3 is 19.0 Å². The second-order valence-corrected chi connectivity index (χ2v) is 14.1. The summed E-state index contributed by atoms with van der Waals surface area (Å²) in [6, 6.07) is 21.0. The van der Waals surface area contributed by atoms with Crippen LogP contribution in [0.2, 0.25) is 5.04 Å². The Labute approximate surface area is 198 Å². The van der Waals surface area contributed by atoms with E-state index in [1.165, 1.54) is 17.5 Å². The highest BCUT2D eigenvalue weighted by Gasteiger charge is 2.50. The third-order valence-corrected chi connectivity index (χ3v) is 11.6. The number of aliphatic hydroxyl groups is 1. The van der Waals surface area contributed by atoms with Crippen LogP contribution in [0.25, 0.3) is 0 Å². The maximum atomic E-state index is 12.0. The molecule has 0 saturated heterocycles. The van der Waals surface area contributed by atoms with E-state index in [1.54, 1.807) is 6.92 Å². The standard InChI is InChI=1S/C27H36O5Si/c1-19(23(28)25-24(30-6)20(2)26(29)32-25)17-18-31-33(27(3,4)5,21-13-9-7-10-14-21)22-15-11-8-12-16-22/h7-16,19,23,25,28H,17-18H2,1-6H3/t19-,23?,25?/m0/s1. The average Bonchev–Trinajstić information content (AvgIpc) is 3.09. The van der Waals surface area contributed by atoms with Crippen molar-refractivity contribution >= 4 is 24.7 Å². The normalized spacial score (nSPS) is 18.8. The topological polar surface area (TPSA) is 65.0 Å². The van der Waals surface area contributed by atoms with Crippen LogP contribution in [-0.4, -0.2) is 45.3 Å². The van der Waals surface area contributed by atoms with Gasteiger partial charge in [-0.15, -0.1) is 0 Å². The van der Waals surface area contributed by atoms with Crippen molar-refractivity contribution in [1.29, 1.82) is 0 Å². The second-order valence-electron chi connectivity index (χ2n) is 9.79. The summed E-state index contributed by atoms with van der Waals surface area (Å²) in [5.41, 5.74) is 0.414. The first-order valence-corrected chi connectivity index (χ1v) is 13.4. The quantitative estimate of drug-likeness (QED) is 0.448. The molecule has 6 heteroatoms. The number of rotatable bonds is 9. The van der Waals surface area contributed by atoms with Crippen LogP contribution >= 0.6 is 0 Å². The molecule has 0 radical (unpaired) electrons. The minimum absolute atomic E-state index is 0.110. The number of methoxy groups -OCH3 is 1. The van der Waals surface area contributed by atoms with Crippen molar-refractivity contribution in [3.8, 4) is 0 Å². The van der Waals surface area contributed by atoms with E-state index in [1.807, 2.05) is 19.1 Å². The van der Waals surface area contributed by atoms with E-state index >= 15 is 0 Å². The SMILES string of the molecule is COC1=C(C)C(=O)OC1C(O)[C@@H](C)CCO[Si](c1ccccc1)(c1ccccc1)C(C)(C)C. The fourth-order valence-electron chi connectivity index (χ4n) is 4.69. The Balaban J connectivity index is 1.83. The molecule has 33 heavy (non-hydrogen) atoms. The van der Waals surface area contributed by atoms with Gasteiger partial charge in [0.25, 0.3) is 8.32 Å². The second kappa shape index (κ2) is 10.2. The maximum Gasteiger partial charge on any atom is 0.338 e. The van der Waals surface area contributed by atoms with Gasteiger partial charge in [0, 0.05) is 6.61 Å². The van der Waals surface area contributed by atoms with Gasteiger partial charge in [0.2, 0.25) is 0 Å². The summed E-state index contributed by atoms with van der Waals surface area (Å²) in [5.74, 6) is -0.184. The molecule has 3 atom stereocenters. The Bertz CT molecular complexity index is 926. The van der Waals surface area contributed by atoms with Crippen LogP contribution < -0.4 is 10.4 Å². The molecule has 1 aliphatic heterocycles. The van der Waals surface area contributed by atoms with E-state index in [-0.39, 0.29) is 11.0 Å². The lowest BCUT2D eigenvalue weighted by molar-refractivity contribution is -0.146. The third-order valence-electron chi connectivity index (χ3n) is 6.59. The first kappa shape index (κ1) is 25.2. The van der Waals surface area contributed by atoms with Gasteiger partial charge in [-0.2, -0.15) is 0 Å². The molecule has 0 spiro atoms. The molecule has 1 heterocycles. The lowest BCUT2D eigenvalue weighted by Gasteiger charge is -2.43. The van der Waals surface area contributed by atoms with Crippen LogP contribution in [0, 0.1) is 5.92 Å². The van der Waals surface area contributed by atoms with Crippen LogP contribution in [0.3, 0.4) is 0 Å². The molecule has 0 saturated carbocycles. The smallest absolute Gasteiger partial charge is 0.338 e. The zero-order chi connectivity index (χ0) is 24.2. The van der Waals surface area contributed by atoms with Crippen molar-refractivity contribution in [2.45, 2.75) is 58.3 Å². The van der Waals surface area contributed by atoms with Gasteiger partial charge >= 0.3 is 5.97 Å². The van der Waals surface area contributed by atoms with Crippen LogP contribution in [0.1, 0.15) is 41.0 Å². The summed E-state index contributed by atoms with van der Waals surface area (Å²) in [5, 5.41) is 13.3. The third kappa shape index (κ3) is 4.93. The summed E-state index contributed by atoms with van der Waals surface area (Å²) in [4.78, 5) is 12.0. The van der Waals surface area contributed by atoms with E-state index in [0.717, 1.165) is 0 Å². The van der Waals surface area contributed by atoms with E-state index in [2.05, 4.69) is 69.3 Å². The molecule has 1 N–H and O–H groups in total. The van der Waals surface area contributed by atoms with E-state index < -0.39 is 26.5 Å². The van der Waals surface area contributed by atoms with Crippen molar-refractivity contribution in [3.05, 3.63) is 72.0 Å². The first-order chi connectivity index (χ1) is 15.6. The number of benzene rings is 2.